The smallest absolute Gasteiger partial charge is 0.305 e. The van der Waals surface area contributed by atoms with Gasteiger partial charge in [0.05, 0.1) is 23.3 Å². The van der Waals surface area contributed by atoms with Gasteiger partial charge in [-0.3, -0.25) is 28.9 Å². The maximum absolute atomic E-state index is 13.5. The standard InChI is InChI=1S/C31H29N3O7S2/c1-14-5-7-16(8-6-14)32-20(35)13-41-17-4-2-3-15(11-17)22-23-18-12-19(26(23)42-28-27(22)43-31(40)33-28)25-24(18)29(38)34(30(25)39)10-9-21(36)37/h2-8,11,18-19,22-26H,9-10,12-13H2,1H3,(H,32,35)(H,33,40)(H,36,37)/t18?,19?,22-,23?,24?,25?,26?/m1/s1. The van der Waals surface area contributed by atoms with E-state index in [0.29, 0.717) is 11.4 Å². The lowest BCUT2D eigenvalue weighted by Gasteiger charge is -2.43. The number of anilines is 1. The van der Waals surface area contributed by atoms with Crippen LogP contribution in [0.3, 0.4) is 0 Å². The molecular weight excluding hydrogens is 590 g/mol. The Bertz CT molecular complexity index is 1700. The minimum Gasteiger partial charge on any atom is -0.484 e. The van der Waals surface area contributed by atoms with E-state index in [0.717, 1.165) is 32.4 Å². The van der Waals surface area contributed by atoms with Crippen LogP contribution in [0.5, 0.6) is 5.75 Å². The zero-order valence-electron chi connectivity index (χ0n) is 23.1. The van der Waals surface area contributed by atoms with E-state index in [4.69, 9.17) is 9.84 Å². The molecule has 3 amide bonds. The summed E-state index contributed by atoms with van der Waals surface area (Å²) in [7, 11) is 0. The van der Waals surface area contributed by atoms with Crippen LogP contribution < -0.4 is 14.9 Å². The second-order valence-corrected chi connectivity index (χ2v) is 13.9. The number of likely N-dealkylation sites (tertiary alicyclic amines) is 1. The first kappa shape index (κ1) is 27.9. The van der Waals surface area contributed by atoms with E-state index in [1.807, 2.05) is 49.4 Å². The quantitative estimate of drug-likeness (QED) is 0.324. The van der Waals surface area contributed by atoms with Gasteiger partial charge >= 0.3 is 10.8 Å². The summed E-state index contributed by atoms with van der Waals surface area (Å²) in [6, 6.07) is 15.0. The van der Waals surface area contributed by atoms with Gasteiger partial charge in [-0.05, 0) is 60.9 Å². The van der Waals surface area contributed by atoms with Gasteiger partial charge in [0.2, 0.25) is 11.8 Å². The molecule has 3 N–H and O–H groups in total. The first-order valence-electron chi connectivity index (χ1n) is 14.3. The number of thioether (sulfide) groups is 1. The first-order valence-corrected chi connectivity index (χ1v) is 15.9. The summed E-state index contributed by atoms with van der Waals surface area (Å²) < 4.78 is 5.89. The molecule has 10 nitrogen and oxygen atoms in total. The number of aromatic nitrogens is 1. The molecule has 7 atom stereocenters. The number of carbonyl (C=O) groups excluding carboxylic acids is 3. The van der Waals surface area contributed by atoms with Crippen molar-refractivity contribution in [3.63, 3.8) is 0 Å². The Labute approximate surface area is 254 Å². The van der Waals surface area contributed by atoms with Crippen molar-refractivity contribution in [3.05, 3.63) is 74.2 Å². The Morgan fingerprint density at radius 3 is 2.56 bits per heavy atom. The van der Waals surface area contributed by atoms with Crippen molar-refractivity contribution in [1.29, 1.82) is 0 Å². The minimum atomic E-state index is -1.05. The van der Waals surface area contributed by atoms with E-state index in [1.54, 1.807) is 17.8 Å². The molecule has 3 aromatic rings. The molecule has 43 heavy (non-hydrogen) atoms. The molecule has 2 saturated carbocycles. The number of benzene rings is 2. The van der Waals surface area contributed by atoms with E-state index < -0.39 is 17.8 Å². The molecule has 0 spiro atoms. The number of amides is 3. The van der Waals surface area contributed by atoms with Crippen molar-refractivity contribution >= 4 is 52.5 Å². The molecule has 4 aliphatic rings. The molecule has 2 aliphatic carbocycles. The summed E-state index contributed by atoms with van der Waals surface area (Å²) >= 11 is 2.77. The lowest BCUT2D eigenvalue weighted by molar-refractivity contribution is -0.142. The van der Waals surface area contributed by atoms with Crippen molar-refractivity contribution in [2.24, 2.45) is 29.6 Å². The average molecular weight is 620 g/mol. The largest absolute Gasteiger partial charge is 0.484 e. The highest BCUT2D eigenvalue weighted by Gasteiger charge is 2.69. The number of fused-ring (bicyclic) bond motifs is 9. The fourth-order valence-electron chi connectivity index (χ4n) is 7.66. The Morgan fingerprint density at radius 2 is 1.81 bits per heavy atom. The number of imide groups is 1. The Kier molecular flexibility index (Phi) is 6.93. The van der Waals surface area contributed by atoms with Gasteiger partial charge in [0.25, 0.3) is 5.91 Å². The van der Waals surface area contributed by atoms with Crippen LogP contribution in [0, 0.1) is 36.5 Å². The van der Waals surface area contributed by atoms with Crippen molar-refractivity contribution in [2.45, 2.75) is 36.0 Å². The van der Waals surface area contributed by atoms with Crippen LogP contribution in [0.15, 0.2) is 58.4 Å². The highest BCUT2D eigenvalue weighted by atomic mass is 32.2. The number of carbonyl (C=O) groups is 4. The molecule has 3 fully saturated rings. The van der Waals surface area contributed by atoms with Crippen LogP contribution in [0.25, 0.3) is 0 Å². The second kappa shape index (κ2) is 10.7. The van der Waals surface area contributed by atoms with Gasteiger partial charge in [-0.2, -0.15) is 0 Å². The van der Waals surface area contributed by atoms with Crippen LogP contribution in [0.4, 0.5) is 5.69 Å². The number of hydrogen-bond acceptors (Lipinski definition) is 8. The lowest BCUT2D eigenvalue weighted by atomic mass is 9.68. The number of carboxylic acid groups (broad SMARTS) is 1. The summed E-state index contributed by atoms with van der Waals surface area (Å²) in [6.45, 7) is 1.69. The number of aliphatic carboxylic acids is 1. The van der Waals surface area contributed by atoms with Crippen molar-refractivity contribution < 1.29 is 29.0 Å². The van der Waals surface area contributed by atoms with Gasteiger partial charge < -0.3 is 20.1 Å². The number of hydrogen-bond donors (Lipinski definition) is 3. The van der Waals surface area contributed by atoms with E-state index in [1.165, 1.54) is 11.3 Å². The van der Waals surface area contributed by atoms with E-state index in [2.05, 4.69) is 10.3 Å². The number of nitrogens with zero attached hydrogens (tertiary/aromatic N) is 1. The molecule has 2 bridgehead atoms. The van der Waals surface area contributed by atoms with Gasteiger partial charge in [0, 0.05) is 28.3 Å². The third kappa shape index (κ3) is 4.76. The third-order valence-corrected chi connectivity index (χ3v) is 11.9. The molecule has 2 aromatic carbocycles. The summed E-state index contributed by atoms with van der Waals surface area (Å²) in [5.74, 6) is -2.57. The Hall–Kier alpha value is -3.90. The summed E-state index contributed by atoms with van der Waals surface area (Å²) in [5.41, 5.74) is 2.70. The van der Waals surface area contributed by atoms with Crippen LogP contribution in [0.2, 0.25) is 0 Å². The molecule has 7 rings (SSSR count). The predicted octanol–water partition coefficient (Wildman–Crippen LogP) is 3.71. The average Bonchev–Trinajstić information content (AvgIpc) is 3.71. The van der Waals surface area contributed by atoms with E-state index >= 15 is 0 Å². The molecule has 2 aliphatic heterocycles. The predicted molar refractivity (Wildman–Crippen MR) is 159 cm³/mol. The van der Waals surface area contributed by atoms with Crippen molar-refractivity contribution in [3.8, 4) is 5.75 Å². The van der Waals surface area contributed by atoms with E-state index in [9.17, 15) is 24.0 Å². The maximum atomic E-state index is 13.5. The lowest BCUT2D eigenvalue weighted by Crippen LogP contribution is -2.42. The van der Waals surface area contributed by atoms with Gasteiger partial charge in [-0.25, -0.2) is 0 Å². The van der Waals surface area contributed by atoms with Gasteiger partial charge in [0.15, 0.2) is 6.61 Å². The summed E-state index contributed by atoms with van der Waals surface area (Å²) in [6.07, 6.45) is 0.470. The van der Waals surface area contributed by atoms with Crippen LogP contribution in [0.1, 0.15) is 34.8 Å². The van der Waals surface area contributed by atoms with Crippen LogP contribution >= 0.6 is 23.1 Å². The Morgan fingerprint density at radius 1 is 1.07 bits per heavy atom. The van der Waals surface area contributed by atoms with Crippen molar-refractivity contribution in [1.82, 2.24) is 9.88 Å². The molecule has 222 valence electrons. The highest BCUT2D eigenvalue weighted by Crippen LogP contribution is 2.68. The SMILES string of the molecule is Cc1ccc(NC(=O)COc2cccc([C@H]3c4sc(=O)[nH]c4SC4C5CC(C6C(=O)N(CCC(=O)O)C(=O)C56)C43)c2)cc1. The number of nitrogens with one attached hydrogen (secondary N) is 2. The number of aromatic amines is 1. The number of thiazole rings is 1. The topological polar surface area (TPSA) is 146 Å². The number of rotatable bonds is 8. The zero-order valence-corrected chi connectivity index (χ0v) is 24.8. The van der Waals surface area contributed by atoms with Crippen LogP contribution in [-0.2, 0) is 19.2 Å². The fourth-order valence-corrected chi connectivity index (χ4v) is 10.5. The fraction of sp³-hybridized carbons (Fsp3) is 0.387. The number of carboxylic acids is 1. The third-order valence-electron chi connectivity index (χ3n) is 9.29. The minimum absolute atomic E-state index is 0.00598. The van der Waals surface area contributed by atoms with Crippen molar-refractivity contribution in [2.75, 3.05) is 18.5 Å². The summed E-state index contributed by atoms with van der Waals surface area (Å²) in [5, 5.41) is 12.8. The van der Waals surface area contributed by atoms with E-state index in [-0.39, 0.29) is 71.1 Å². The zero-order chi connectivity index (χ0) is 30.0. The van der Waals surface area contributed by atoms with Gasteiger partial charge in [-0.15, -0.1) is 11.8 Å². The molecule has 0 radical (unpaired) electrons. The van der Waals surface area contributed by atoms with Gasteiger partial charge in [-0.1, -0.05) is 41.2 Å². The molecule has 1 aromatic heterocycles. The number of ether oxygens (including phenoxy) is 1. The monoisotopic (exact) mass is 619 g/mol. The maximum Gasteiger partial charge on any atom is 0.305 e. The van der Waals surface area contributed by atoms with Crippen LogP contribution in [-0.4, -0.2) is 57.1 Å². The molecular formula is C31H29N3O7S2. The Balaban J connectivity index is 1.15. The molecule has 12 heteroatoms. The normalized spacial score (nSPS) is 28.4. The molecule has 1 saturated heterocycles. The molecule has 6 unspecified atom stereocenters. The number of aryl methyl sites for hydroxylation is 1. The highest BCUT2D eigenvalue weighted by molar-refractivity contribution is 8.00. The molecule has 3 heterocycles. The first-order chi connectivity index (χ1) is 20.7. The second-order valence-electron chi connectivity index (χ2n) is 11.7. The number of H-pyrrole nitrogens is 1. The van der Waals surface area contributed by atoms with Gasteiger partial charge in [0.1, 0.15) is 5.75 Å². The summed E-state index contributed by atoms with van der Waals surface area (Å²) in [4.78, 5) is 68.1.